The molecule has 0 bridgehead atoms. The quantitative estimate of drug-likeness (QED) is 0.639. The molecule has 2 aromatic carbocycles. The summed E-state index contributed by atoms with van der Waals surface area (Å²) in [6, 6.07) is 21.0. The van der Waals surface area contributed by atoms with Gasteiger partial charge in [0.15, 0.2) is 6.61 Å². The van der Waals surface area contributed by atoms with E-state index < -0.39 is 0 Å². The molecule has 7 heteroatoms. The van der Waals surface area contributed by atoms with Crippen molar-refractivity contribution >= 4 is 23.3 Å². The van der Waals surface area contributed by atoms with E-state index in [0.717, 1.165) is 24.5 Å². The molecule has 1 saturated heterocycles. The lowest BCUT2D eigenvalue weighted by Crippen LogP contribution is -2.49. The number of aromatic nitrogens is 1. The van der Waals surface area contributed by atoms with Crippen molar-refractivity contribution in [3.05, 3.63) is 84.1 Å². The van der Waals surface area contributed by atoms with E-state index in [0.29, 0.717) is 36.6 Å². The highest BCUT2D eigenvalue weighted by atomic mass is 16.5. The molecule has 7 nitrogen and oxygen atoms in total. The summed E-state index contributed by atoms with van der Waals surface area (Å²) in [6.45, 7) is 3.15. The maximum atomic E-state index is 13.2. The molecular formula is C25H24N4O3. The fourth-order valence-corrected chi connectivity index (χ4v) is 4.14. The van der Waals surface area contributed by atoms with Gasteiger partial charge in [-0.2, -0.15) is 0 Å². The maximum Gasteiger partial charge on any atom is 0.265 e. The Kier molecular flexibility index (Phi) is 5.46. The highest BCUT2D eigenvalue weighted by Crippen LogP contribution is 2.34. The van der Waals surface area contributed by atoms with Crippen LogP contribution in [0.15, 0.2) is 72.9 Å². The van der Waals surface area contributed by atoms with Crippen LogP contribution in [-0.4, -0.2) is 54.5 Å². The van der Waals surface area contributed by atoms with Gasteiger partial charge in [0.1, 0.15) is 11.6 Å². The Labute approximate surface area is 186 Å². The van der Waals surface area contributed by atoms with E-state index in [1.165, 1.54) is 0 Å². The first-order chi connectivity index (χ1) is 15.7. The van der Waals surface area contributed by atoms with E-state index in [1.807, 2.05) is 53.4 Å². The number of amides is 2. The maximum absolute atomic E-state index is 13.2. The number of fused-ring (bicyclic) bond motifs is 1. The van der Waals surface area contributed by atoms with Gasteiger partial charge < -0.3 is 19.4 Å². The average Bonchev–Trinajstić information content (AvgIpc) is 2.86. The molecule has 0 saturated carbocycles. The Morgan fingerprint density at radius 3 is 2.47 bits per heavy atom. The second kappa shape index (κ2) is 8.70. The summed E-state index contributed by atoms with van der Waals surface area (Å²) < 4.78 is 5.62. The van der Waals surface area contributed by atoms with Gasteiger partial charge >= 0.3 is 0 Å². The Balaban J connectivity index is 1.33. The number of carbonyl (C=O) groups is 2. The number of hydrogen-bond donors (Lipinski definition) is 0. The summed E-state index contributed by atoms with van der Waals surface area (Å²) in [4.78, 5) is 36.0. The minimum atomic E-state index is -0.116. The smallest absolute Gasteiger partial charge is 0.265 e. The third kappa shape index (κ3) is 4.01. The van der Waals surface area contributed by atoms with Crippen LogP contribution in [0.3, 0.4) is 0 Å². The molecule has 0 atom stereocenters. The second-order valence-electron chi connectivity index (χ2n) is 7.90. The van der Waals surface area contributed by atoms with E-state index in [-0.39, 0.29) is 18.4 Å². The van der Waals surface area contributed by atoms with Crippen LogP contribution in [0.4, 0.5) is 11.5 Å². The van der Waals surface area contributed by atoms with Gasteiger partial charge in [0.05, 0.1) is 12.2 Å². The van der Waals surface area contributed by atoms with E-state index in [1.54, 1.807) is 29.3 Å². The minimum absolute atomic E-state index is 0.00259. The summed E-state index contributed by atoms with van der Waals surface area (Å²) >= 11 is 0. The molecule has 0 spiro atoms. The van der Waals surface area contributed by atoms with E-state index in [4.69, 9.17) is 4.74 Å². The van der Waals surface area contributed by atoms with Crippen molar-refractivity contribution in [3.8, 4) is 5.75 Å². The van der Waals surface area contributed by atoms with E-state index >= 15 is 0 Å². The number of rotatable bonds is 4. The van der Waals surface area contributed by atoms with Crippen molar-refractivity contribution in [2.75, 3.05) is 42.6 Å². The lowest BCUT2D eigenvalue weighted by atomic mass is 10.1. The van der Waals surface area contributed by atoms with Gasteiger partial charge in [-0.25, -0.2) is 4.98 Å². The van der Waals surface area contributed by atoms with Crippen LogP contribution in [0.2, 0.25) is 0 Å². The number of pyridine rings is 1. The molecule has 1 aromatic heterocycles. The zero-order valence-electron chi connectivity index (χ0n) is 17.7. The molecule has 5 rings (SSSR count). The van der Waals surface area contributed by atoms with Crippen molar-refractivity contribution in [1.29, 1.82) is 0 Å². The zero-order valence-corrected chi connectivity index (χ0v) is 17.7. The summed E-state index contributed by atoms with van der Waals surface area (Å²) in [6.07, 6.45) is 1.78. The van der Waals surface area contributed by atoms with Crippen molar-refractivity contribution in [2.45, 2.75) is 6.54 Å². The molecule has 0 N–H and O–H groups in total. The van der Waals surface area contributed by atoms with Gasteiger partial charge in [0, 0.05) is 37.9 Å². The summed E-state index contributed by atoms with van der Waals surface area (Å²) in [7, 11) is 0. The normalized spacial score (nSPS) is 15.9. The third-order valence-corrected chi connectivity index (χ3v) is 5.87. The number of benzene rings is 2. The summed E-state index contributed by atoms with van der Waals surface area (Å²) in [5.74, 6) is 1.40. The van der Waals surface area contributed by atoms with Crippen LogP contribution in [0.25, 0.3) is 0 Å². The van der Waals surface area contributed by atoms with E-state index in [2.05, 4.69) is 9.88 Å². The molecule has 0 unspecified atom stereocenters. The molecule has 2 amide bonds. The predicted molar refractivity (Wildman–Crippen MR) is 122 cm³/mol. The molecule has 3 aromatic rings. The first kappa shape index (κ1) is 20.1. The van der Waals surface area contributed by atoms with Crippen LogP contribution in [0.1, 0.15) is 15.9 Å². The fourth-order valence-electron chi connectivity index (χ4n) is 4.14. The van der Waals surface area contributed by atoms with Crippen LogP contribution >= 0.6 is 0 Å². The van der Waals surface area contributed by atoms with Gasteiger partial charge in [-0.1, -0.05) is 36.4 Å². The molecule has 162 valence electrons. The molecule has 0 aliphatic carbocycles. The number of hydrogen-bond acceptors (Lipinski definition) is 5. The lowest BCUT2D eigenvalue weighted by molar-refractivity contribution is -0.121. The van der Waals surface area contributed by atoms with Crippen molar-refractivity contribution < 1.29 is 14.3 Å². The number of piperazine rings is 1. The standard InChI is InChI=1S/C25H24N4O3/c30-24-18-32-22-10-9-20(16-21(22)29(24)17-19-6-2-1-3-7-19)25(31)28-14-12-27(13-15-28)23-8-4-5-11-26-23/h1-11,16H,12-15,17-18H2. The van der Waals surface area contributed by atoms with Crippen molar-refractivity contribution in [2.24, 2.45) is 0 Å². The average molecular weight is 428 g/mol. The summed E-state index contributed by atoms with van der Waals surface area (Å²) in [5, 5.41) is 0. The first-order valence-corrected chi connectivity index (χ1v) is 10.8. The zero-order chi connectivity index (χ0) is 21.9. The molecule has 2 aliphatic heterocycles. The monoisotopic (exact) mass is 428 g/mol. The minimum Gasteiger partial charge on any atom is -0.482 e. The third-order valence-electron chi connectivity index (χ3n) is 5.87. The Bertz CT molecular complexity index is 1110. The molecule has 2 aliphatic rings. The summed E-state index contributed by atoms with van der Waals surface area (Å²) in [5.41, 5.74) is 2.23. The Hall–Kier alpha value is -3.87. The van der Waals surface area contributed by atoms with Gasteiger partial charge in [0.25, 0.3) is 11.8 Å². The molecular weight excluding hydrogens is 404 g/mol. The number of nitrogens with zero attached hydrogens (tertiary/aromatic N) is 4. The van der Waals surface area contributed by atoms with Gasteiger partial charge in [-0.15, -0.1) is 0 Å². The van der Waals surface area contributed by atoms with Crippen LogP contribution < -0.4 is 14.5 Å². The number of anilines is 2. The van der Waals surface area contributed by atoms with E-state index in [9.17, 15) is 9.59 Å². The van der Waals surface area contributed by atoms with Crippen LogP contribution in [0.5, 0.6) is 5.75 Å². The van der Waals surface area contributed by atoms with Crippen LogP contribution in [-0.2, 0) is 11.3 Å². The van der Waals surface area contributed by atoms with Gasteiger partial charge in [0.2, 0.25) is 0 Å². The molecule has 32 heavy (non-hydrogen) atoms. The SMILES string of the molecule is O=C(c1ccc2c(c1)N(Cc1ccccc1)C(=O)CO2)N1CCN(c2ccccn2)CC1. The number of ether oxygens (including phenoxy) is 1. The second-order valence-corrected chi connectivity index (χ2v) is 7.90. The van der Waals surface area contributed by atoms with Gasteiger partial charge in [-0.05, 0) is 35.9 Å². The Morgan fingerprint density at radius 1 is 0.938 bits per heavy atom. The predicted octanol–water partition coefficient (Wildman–Crippen LogP) is 2.97. The molecule has 0 radical (unpaired) electrons. The highest BCUT2D eigenvalue weighted by molar-refractivity contribution is 6.01. The Morgan fingerprint density at radius 2 is 1.72 bits per heavy atom. The first-order valence-electron chi connectivity index (χ1n) is 10.8. The molecule has 3 heterocycles. The topological polar surface area (TPSA) is 66.0 Å². The highest BCUT2D eigenvalue weighted by Gasteiger charge is 2.28. The van der Waals surface area contributed by atoms with Crippen molar-refractivity contribution in [3.63, 3.8) is 0 Å². The van der Waals surface area contributed by atoms with Crippen molar-refractivity contribution in [1.82, 2.24) is 9.88 Å². The fraction of sp³-hybridized carbons (Fsp3) is 0.240. The molecule has 1 fully saturated rings. The van der Waals surface area contributed by atoms with Crippen LogP contribution in [0, 0.1) is 0 Å². The number of carbonyl (C=O) groups excluding carboxylic acids is 2. The van der Waals surface area contributed by atoms with Gasteiger partial charge in [-0.3, -0.25) is 9.59 Å². The lowest BCUT2D eigenvalue weighted by Gasteiger charge is -2.35. The largest absolute Gasteiger partial charge is 0.482 e.